The summed E-state index contributed by atoms with van der Waals surface area (Å²) < 4.78 is 5.74. The van der Waals surface area contributed by atoms with E-state index in [1.807, 2.05) is 30.3 Å². The standard InChI is InChI=1S/C15H18N2O3/c18-13-8-15(17-14(19)16-13)7-6-12(15)10-20-9-11-4-2-1-3-5-11/h1-5,12H,6-10H2,(H2,16,17,18,19). The van der Waals surface area contributed by atoms with Crippen molar-refractivity contribution in [1.29, 1.82) is 0 Å². The molecule has 5 nitrogen and oxygen atoms in total. The van der Waals surface area contributed by atoms with E-state index in [2.05, 4.69) is 10.6 Å². The van der Waals surface area contributed by atoms with E-state index in [-0.39, 0.29) is 23.4 Å². The molecule has 1 saturated heterocycles. The molecule has 1 aromatic rings. The van der Waals surface area contributed by atoms with Gasteiger partial charge in [-0.1, -0.05) is 30.3 Å². The van der Waals surface area contributed by atoms with Crippen LogP contribution in [0.4, 0.5) is 4.79 Å². The number of amides is 3. The second kappa shape index (κ2) is 5.25. The first-order valence-electron chi connectivity index (χ1n) is 6.92. The average molecular weight is 274 g/mol. The van der Waals surface area contributed by atoms with Gasteiger partial charge in [-0.05, 0) is 18.4 Å². The molecule has 1 spiro atoms. The highest BCUT2D eigenvalue weighted by molar-refractivity contribution is 5.98. The van der Waals surface area contributed by atoms with Crippen molar-refractivity contribution in [3.05, 3.63) is 35.9 Å². The Morgan fingerprint density at radius 3 is 2.70 bits per heavy atom. The number of ether oxygens (including phenoxy) is 1. The fourth-order valence-electron chi connectivity index (χ4n) is 2.99. The summed E-state index contributed by atoms with van der Waals surface area (Å²) in [7, 11) is 0. The highest BCUT2D eigenvalue weighted by Gasteiger charge is 2.51. The third-order valence-electron chi connectivity index (χ3n) is 4.24. The van der Waals surface area contributed by atoms with Crippen molar-refractivity contribution in [2.24, 2.45) is 5.92 Å². The Bertz CT molecular complexity index is 499. The number of nitrogens with one attached hydrogen (secondary N) is 2. The molecule has 3 amide bonds. The van der Waals surface area contributed by atoms with Crippen molar-refractivity contribution in [2.45, 2.75) is 31.4 Å². The maximum Gasteiger partial charge on any atom is 0.321 e. The summed E-state index contributed by atoms with van der Waals surface area (Å²) in [5, 5.41) is 5.18. The largest absolute Gasteiger partial charge is 0.376 e. The number of urea groups is 1. The third-order valence-corrected chi connectivity index (χ3v) is 4.24. The van der Waals surface area contributed by atoms with Crippen LogP contribution in [0.2, 0.25) is 0 Å². The molecule has 5 heteroatoms. The first-order valence-corrected chi connectivity index (χ1v) is 6.92. The molecule has 0 bridgehead atoms. The van der Waals surface area contributed by atoms with Crippen LogP contribution in [0, 0.1) is 5.92 Å². The highest BCUT2D eigenvalue weighted by Crippen LogP contribution is 2.42. The van der Waals surface area contributed by atoms with Gasteiger partial charge in [0.05, 0.1) is 25.2 Å². The van der Waals surface area contributed by atoms with Gasteiger partial charge in [0.25, 0.3) is 0 Å². The van der Waals surface area contributed by atoms with Gasteiger partial charge in [0, 0.05) is 5.92 Å². The quantitative estimate of drug-likeness (QED) is 0.876. The first-order chi connectivity index (χ1) is 9.68. The van der Waals surface area contributed by atoms with Crippen molar-refractivity contribution in [2.75, 3.05) is 6.61 Å². The van der Waals surface area contributed by atoms with E-state index < -0.39 is 0 Å². The summed E-state index contributed by atoms with van der Waals surface area (Å²) in [5.74, 6) is 0.0303. The van der Waals surface area contributed by atoms with Crippen LogP contribution < -0.4 is 10.6 Å². The minimum absolute atomic E-state index is 0.193. The molecule has 1 saturated carbocycles. The van der Waals surface area contributed by atoms with E-state index in [1.165, 1.54) is 0 Å². The van der Waals surface area contributed by atoms with Gasteiger partial charge in [-0.3, -0.25) is 10.1 Å². The Hall–Kier alpha value is -1.88. The van der Waals surface area contributed by atoms with E-state index in [0.29, 0.717) is 19.6 Å². The molecule has 1 aliphatic heterocycles. The lowest BCUT2D eigenvalue weighted by molar-refractivity contribution is -0.126. The van der Waals surface area contributed by atoms with Crippen LogP contribution in [0.25, 0.3) is 0 Å². The Labute approximate surface area is 117 Å². The summed E-state index contributed by atoms with van der Waals surface area (Å²) in [6, 6.07) is 9.60. The van der Waals surface area contributed by atoms with Crippen molar-refractivity contribution < 1.29 is 14.3 Å². The monoisotopic (exact) mass is 274 g/mol. The highest BCUT2D eigenvalue weighted by atomic mass is 16.5. The maximum atomic E-state index is 11.5. The van der Waals surface area contributed by atoms with Crippen LogP contribution in [-0.2, 0) is 16.1 Å². The smallest absolute Gasteiger partial charge is 0.321 e. The van der Waals surface area contributed by atoms with Gasteiger partial charge in [0.1, 0.15) is 0 Å². The van der Waals surface area contributed by atoms with E-state index in [1.54, 1.807) is 0 Å². The van der Waals surface area contributed by atoms with Gasteiger partial charge in [0.15, 0.2) is 0 Å². The van der Waals surface area contributed by atoms with Gasteiger partial charge in [-0.25, -0.2) is 4.79 Å². The number of imide groups is 1. The second-order valence-corrected chi connectivity index (χ2v) is 5.57. The molecule has 2 unspecified atom stereocenters. The molecule has 2 N–H and O–H groups in total. The molecular formula is C15H18N2O3. The Kier molecular flexibility index (Phi) is 3.44. The summed E-state index contributed by atoms with van der Waals surface area (Å²) in [6.45, 7) is 1.13. The second-order valence-electron chi connectivity index (χ2n) is 5.57. The summed E-state index contributed by atoms with van der Waals surface area (Å²) in [4.78, 5) is 22.9. The topological polar surface area (TPSA) is 67.4 Å². The number of carbonyl (C=O) groups is 2. The van der Waals surface area contributed by atoms with Gasteiger partial charge in [-0.15, -0.1) is 0 Å². The Balaban J connectivity index is 1.53. The molecule has 1 aliphatic carbocycles. The molecule has 2 aliphatic rings. The fourth-order valence-corrected chi connectivity index (χ4v) is 2.99. The van der Waals surface area contributed by atoms with Crippen molar-refractivity contribution in [1.82, 2.24) is 10.6 Å². The zero-order valence-electron chi connectivity index (χ0n) is 11.2. The van der Waals surface area contributed by atoms with Gasteiger partial charge in [-0.2, -0.15) is 0 Å². The molecular weight excluding hydrogens is 256 g/mol. The van der Waals surface area contributed by atoms with Crippen LogP contribution in [-0.4, -0.2) is 24.1 Å². The van der Waals surface area contributed by atoms with Crippen molar-refractivity contribution in [3.63, 3.8) is 0 Å². The molecule has 1 aromatic carbocycles. The van der Waals surface area contributed by atoms with Gasteiger partial charge in [0.2, 0.25) is 5.91 Å². The molecule has 1 heterocycles. The van der Waals surface area contributed by atoms with E-state index >= 15 is 0 Å². The zero-order chi connectivity index (χ0) is 14.0. The molecule has 0 aromatic heterocycles. The number of hydrogen-bond acceptors (Lipinski definition) is 3. The number of rotatable bonds is 4. The van der Waals surface area contributed by atoms with Crippen LogP contribution in [0.15, 0.2) is 30.3 Å². The molecule has 2 fully saturated rings. The van der Waals surface area contributed by atoms with Crippen molar-refractivity contribution >= 4 is 11.9 Å². The lowest BCUT2D eigenvalue weighted by atomic mass is 9.64. The molecule has 2 atom stereocenters. The van der Waals surface area contributed by atoms with Crippen LogP contribution in [0.5, 0.6) is 0 Å². The number of benzene rings is 1. The predicted molar refractivity (Wildman–Crippen MR) is 72.8 cm³/mol. The molecule has 3 rings (SSSR count). The van der Waals surface area contributed by atoms with Crippen LogP contribution >= 0.6 is 0 Å². The molecule has 20 heavy (non-hydrogen) atoms. The van der Waals surface area contributed by atoms with E-state index in [4.69, 9.17) is 4.74 Å². The summed E-state index contributed by atoms with van der Waals surface area (Å²) >= 11 is 0. The van der Waals surface area contributed by atoms with Gasteiger partial charge >= 0.3 is 6.03 Å². The lowest BCUT2D eigenvalue weighted by Gasteiger charge is -2.51. The number of carbonyl (C=O) groups excluding carboxylic acids is 2. The van der Waals surface area contributed by atoms with E-state index in [0.717, 1.165) is 18.4 Å². The number of hydrogen-bond donors (Lipinski definition) is 2. The maximum absolute atomic E-state index is 11.5. The van der Waals surface area contributed by atoms with Gasteiger partial charge < -0.3 is 10.1 Å². The molecule has 0 radical (unpaired) electrons. The predicted octanol–water partition coefficient (Wildman–Crippen LogP) is 1.58. The first kappa shape index (κ1) is 13.1. The molecule has 106 valence electrons. The Morgan fingerprint density at radius 1 is 1.25 bits per heavy atom. The summed E-state index contributed by atoms with van der Waals surface area (Å²) in [5.41, 5.74) is 0.752. The average Bonchev–Trinajstić information content (AvgIpc) is 2.42. The summed E-state index contributed by atoms with van der Waals surface area (Å²) in [6.07, 6.45) is 2.20. The minimum atomic E-state index is -0.381. The van der Waals surface area contributed by atoms with Crippen LogP contribution in [0.1, 0.15) is 24.8 Å². The SMILES string of the molecule is O=C1CC2(CCC2COCc2ccccc2)NC(=O)N1. The van der Waals surface area contributed by atoms with Crippen LogP contribution in [0.3, 0.4) is 0 Å². The Morgan fingerprint density at radius 2 is 2.05 bits per heavy atom. The van der Waals surface area contributed by atoms with Crippen molar-refractivity contribution in [3.8, 4) is 0 Å². The fraction of sp³-hybridized carbons (Fsp3) is 0.467. The minimum Gasteiger partial charge on any atom is -0.376 e. The van der Waals surface area contributed by atoms with E-state index in [9.17, 15) is 9.59 Å². The zero-order valence-corrected chi connectivity index (χ0v) is 11.2. The third kappa shape index (κ3) is 2.54. The lowest BCUT2D eigenvalue weighted by Crippen LogP contribution is -2.68. The normalized spacial score (nSPS) is 28.7.